The first-order valence-corrected chi connectivity index (χ1v) is 12.1. The van der Waals surface area contributed by atoms with E-state index in [2.05, 4.69) is 10.2 Å². The maximum Gasteiger partial charge on any atom is 0.416 e. The van der Waals surface area contributed by atoms with Crippen molar-refractivity contribution in [2.24, 2.45) is 0 Å². The average Bonchev–Trinajstić information content (AvgIpc) is 2.98. The molecule has 0 spiro atoms. The van der Waals surface area contributed by atoms with E-state index < -0.39 is 23.6 Å². The number of benzene rings is 3. The number of hydrogen-bond acceptors (Lipinski definition) is 4. The van der Waals surface area contributed by atoms with E-state index in [9.17, 15) is 22.8 Å². The van der Waals surface area contributed by atoms with Gasteiger partial charge < -0.3 is 19.9 Å². The van der Waals surface area contributed by atoms with Gasteiger partial charge in [-0.25, -0.2) is 0 Å². The zero-order valence-corrected chi connectivity index (χ0v) is 21.0. The molecule has 0 atom stereocenters. The van der Waals surface area contributed by atoms with Crippen molar-refractivity contribution in [3.05, 3.63) is 82.4 Å². The molecule has 0 unspecified atom stereocenters. The molecule has 1 aliphatic heterocycles. The molecule has 0 bridgehead atoms. The monoisotopic (exact) mass is 531 g/mol. The van der Waals surface area contributed by atoms with Crippen LogP contribution in [0.2, 0.25) is 5.02 Å². The predicted octanol–water partition coefficient (Wildman–Crippen LogP) is 6.71. The van der Waals surface area contributed by atoms with E-state index in [0.29, 0.717) is 12.1 Å². The molecular formula is C27H25ClF3N3O3. The summed E-state index contributed by atoms with van der Waals surface area (Å²) in [5, 5.41) is 2.76. The van der Waals surface area contributed by atoms with Crippen LogP contribution in [0.5, 0.6) is 11.5 Å². The molecule has 0 saturated heterocycles. The molecule has 0 aliphatic carbocycles. The number of nitrogens with zero attached hydrogens (tertiary/aromatic N) is 2. The van der Waals surface area contributed by atoms with Crippen LogP contribution >= 0.6 is 11.6 Å². The molecule has 1 aliphatic rings. The van der Waals surface area contributed by atoms with Gasteiger partial charge in [-0.1, -0.05) is 43.6 Å². The number of carbonyl (C=O) groups is 2. The van der Waals surface area contributed by atoms with E-state index in [1.165, 1.54) is 23.1 Å². The Morgan fingerprint density at radius 3 is 2.38 bits per heavy atom. The van der Waals surface area contributed by atoms with E-state index in [-0.39, 0.29) is 40.0 Å². The fourth-order valence-electron chi connectivity index (χ4n) is 4.06. The Morgan fingerprint density at radius 1 is 1.03 bits per heavy atom. The van der Waals surface area contributed by atoms with Gasteiger partial charge in [-0.2, -0.15) is 13.2 Å². The third kappa shape index (κ3) is 5.73. The lowest BCUT2D eigenvalue weighted by atomic mass is 10.1. The summed E-state index contributed by atoms with van der Waals surface area (Å²) in [6, 6.07) is 14.2. The van der Waals surface area contributed by atoms with Gasteiger partial charge in [0.2, 0.25) is 0 Å². The van der Waals surface area contributed by atoms with Gasteiger partial charge in [0.1, 0.15) is 5.75 Å². The third-order valence-electron chi connectivity index (χ3n) is 6.16. The Morgan fingerprint density at radius 2 is 1.73 bits per heavy atom. The Bertz CT molecular complexity index is 1310. The van der Waals surface area contributed by atoms with E-state index in [4.69, 9.17) is 16.3 Å². The number of alkyl halides is 3. The Kier molecular flexibility index (Phi) is 7.75. The summed E-state index contributed by atoms with van der Waals surface area (Å²) in [4.78, 5) is 29.8. The van der Waals surface area contributed by atoms with Crippen LogP contribution in [0.3, 0.4) is 0 Å². The molecule has 6 nitrogen and oxygen atoms in total. The van der Waals surface area contributed by atoms with Gasteiger partial charge >= 0.3 is 6.18 Å². The van der Waals surface area contributed by atoms with Crippen LogP contribution in [-0.2, 0) is 6.18 Å². The second kappa shape index (κ2) is 10.8. The van der Waals surface area contributed by atoms with E-state index in [0.717, 1.165) is 25.2 Å². The largest absolute Gasteiger partial charge is 0.454 e. The zero-order chi connectivity index (χ0) is 26.7. The maximum absolute atomic E-state index is 13.6. The molecule has 4 rings (SSSR count). The lowest BCUT2D eigenvalue weighted by Gasteiger charge is -2.26. The second-order valence-electron chi connectivity index (χ2n) is 8.41. The van der Waals surface area contributed by atoms with E-state index in [1.807, 2.05) is 13.8 Å². The molecule has 37 heavy (non-hydrogen) atoms. The van der Waals surface area contributed by atoms with Gasteiger partial charge in [0, 0.05) is 24.7 Å². The number of likely N-dealkylation sites (N-methyl/N-ethyl adjacent to an activating group) is 1. The molecule has 3 aromatic rings. The topological polar surface area (TPSA) is 61.9 Å². The summed E-state index contributed by atoms with van der Waals surface area (Å²) in [6.45, 7) is 6.21. The summed E-state index contributed by atoms with van der Waals surface area (Å²) in [5.41, 5.74) is -0.0720. The van der Waals surface area contributed by atoms with Crippen LogP contribution < -0.4 is 15.0 Å². The first-order chi connectivity index (χ1) is 17.6. The maximum atomic E-state index is 13.6. The molecule has 2 amide bonds. The van der Waals surface area contributed by atoms with Gasteiger partial charge in [-0.3, -0.25) is 9.59 Å². The van der Waals surface area contributed by atoms with Crippen molar-refractivity contribution < 1.29 is 27.5 Å². The van der Waals surface area contributed by atoms with Crippen LogP contribution in [0, 0.1) is 0 Å². The first-order valence-electron chi connectivity index (χ1n) is 11.8. The van der Waals surface area contributed by atoms with Crippen LogP contribution in [0.1, 0.15) is 40.1 Å². The predicted molar refractivity (Wildman–Crippen MR) is 137 cm³/mol. The highest BCUT2D eigenvalue weighted by atomic mass is 35.5. The van der Waals surface area contributed by atoms with Crippen molar-refractivity contribution >= 4 is 34.8 Å². The summed E-state index contributed by atoms with van der Waals surface area (Å²) >= 11 is 6.43. The molecule has 10 heteroatoms. The molecule has 0 saturated carbocycles. The van der Waals surface area contributed by atoms with Crippen molar-refractivity contribution in [2.45, 2.75) is 20.0 Å². The van der Waals surface area contributed by atoms with Gasteiger partial charge in [-0.05, 0) is 49.5 Å². The molecule has 194 valence electrons. The molecule has 0 radical (unpaired) electrons. The number of nitrogens with one attached hydrogen (secondary N) is 1. The molecular weight excluding hydrogens is 507 g/mol. The van der Waals surface area contributed by atoms with Crippen molar-refractivity contribution in [3.8, 4) is 11.5 Å². The fraction of sp³-hybridized carbons (Fsp3) is 0.259. The molecule has 0 fully saturated rings. The number of anilines is 2. The summed E-state index contributed by atoms with van der Waals surface area (Å²) in [7, 11) is 0. The minimum absolute atomic E-state index is 0.0105. The lowest BCUT2D eigenvalue weighted by Crippen LogP contribution is -2.38. The second-order valence-corrected chi connectivity index (χ2v) is 8.82. The van der Waals surface area contributed by atoms with Crippen LogP contribution in [0.4, 0.5) is 24.5 Å². The Labute approximate surface area is 217 Å². The normalized spacial score (nSPS) is 13.1. The smallest absolute Gasteiger partial charge is 0.416 e. The van der Waals surface area contributed by atoms with Crippen molar-refractivity contribution in [2.75, 3.05) is 36.4 Å². The van der Waals surface area contributed by atoms with E-state index in [1.54, 1.807) is 30.3 Å². The molecule has 1 heterocycles. The zero-order valence-electron chi connectivity index (χ0n) is 20.2. The van der Waals surface area contributed by atoms with Crippen LogP contribution in [0.15, 0.2) is 60.7 Å². The highest BCUT2D eigenvalue weighted by molar-refractivity contribution is 6.34. The average molecular weight is 532 g/mol. The Hall–Kier alpha value is -3.56. The third-order valence-corrected chi connectivity index (χ3v) is 6.47. The SMILES string of the molecule is CCN(CC)CCN1C(=O)c2cc(Cl)c(NC(=O)c3ccccc3)cc2Oc2cc(C(F)(F)F)ccc21. The lowest BCUT2D eigenvalue weighted by molar-refractivity contribution is -0.137. The number of ether oxygens (including phenoxy) is 1. The number of hydrogen-bond donors (Lipinski definition) is 1. The minimum atomic E-state index is -4.60. The molecule has 3 aromatic carbocycles. The Balaban J connectivity index is 1.76. The first kappa shape index (κ1) is 26.5. The highest BCUT2D eigenvalue weighted by Crippen LogP contribution is 2.44. The quantitative estimate of drug-likeness (QED) is 0.368. The number of carbonyl (C=O) groups excluding carboxylic acids is 2. The summed E-state index contributed by atoms with van der Waals surface area (Å²) < 4.78 is 46.4. The van der Waals surface area contributed by atoms with Crippen molar-refractivity contribution in [1.29, 1.82) is 0 Å². The number of rotatable bonds is 7. The fourth-order valence-corrected chi connectivity index (χ4v) is 4.27. The van der Waals surface area contributed by atoms with Gasteiger partial charge in [0.05, 0.1) is 27.5 Å². The van der Waals surface area contributed by atoms with Gasteiger partial charge in [0.15, 0.2) is 5.75 Å². The van der Waals surface area contributed by atoms with Crippen molar-refractivity contribution in [3.63, 3.8) is 0 Å². The summed E-state index contributed by atoms with van der Waals surface area (Å²) in [5.74, 6) is -1.04. The van der Waals surface area contributed by atoms with Gasteiger partial charge in [0.25, 0.3) is 11.8 Å². The highest BCUT2D eigenvalue weighted by Gasteiger charge is 2.35. The standard InChI is InChI=1S/C27H25ClF3N3O3/c1-3-33(4-2)12-13-34-22-11-10-18(27(29,30)31)14-24(22)37-23-16-21(20(28)15-19(23)26(34)36)32-25(35)17-8-6-5-7-9-17/h5-11,14-16H,3-4,12-13H2,1-2H3,(H,32,35). The number of halogens is 4. The van der Waals surface area contributed by atoms with E-state index >= 15 is 0 Å². The van der Waals surface area contributed by atoms with Gasteiger partial charge in [-0.15, -0.1) is 0 Å². The van der Waals surface area contributed by atoms with Crippen LogP contribution in [0.25, 0.3) is 0 Å². The summed E-state index contributed by atoms with van der Waals surface area (Å²) in [6.07, 6.45) is -4.60. The molecule has 0 aromatic heterocycles. The van der Waals surface area contributed by atoms with Crippen molar-refractivity contribution in [1.82, 2.24) is 4.90 Å². The molecule has 1 N–H and O–H groups in total. The number of amides is 2. The number of fused-ring (bicyclic) bond motifs is 2. The minimum Gasteiger partial charge on any atom is -0.454 e. The van der Waals surface area contributed by atoms with Crippen LogP contribution in [-0.4, -0.2) is 42.9 Å².